The summed E-state index contributed by atoms with van der Waals surface area (Å²) in [5.74, 6) is 0.110. The van der Waals surface area contributed by atoms with E-state index in [0.717, 1.165) is 15.4 Å². The van der Waals surface area contributed by atoms with Crippen LogP contribution in [-0.4, -0.2) is 72.7 Å². The van der Waals surface area contributed by atoms with Crippen molar-refractivity contribution in [2.45, 2.75) is 38.3 Å². The lowest BCUT2D eigenvalue weighted by molar-refractivity contribution is -0.139. The maximum absolute atomic E-state index is 14.3. The van der Waals surface area contributed by atoms with Crippen LogP contribution >= 0.6 is 0 Å². The average molecular weight is 614 g/mol. The number of benzene rings is 3. The third kappa shape index (κ3) is 7.50. The van der Waals surface area contributed by atoms with E-state index in [1.54, 1.807) is 26.0 Å². The van der Waals surface area contributed by atoms with Gasteiger partial charge in [0.25, 0.3) is 10.0 Å². The van der Waals surface area contributed by atoms with Crippen LogP contribution in [0, 0.1) is 6.92 Å². The van der Waals surface area contributed by atoms with Crippen LogP contribution in [0.3, 0.4) is 0 Å². The van der Waals surface area contributed by atoms with E-state index in [2.05, 4.69) is 5.32 Å². The zero-order valence-corrected chi connectivity index (χ0v) is 26.4. The van der Waals surface area contributed by atoms with E-state index in [1.165, 1.54) is 57.6 Å². The third-order valence-corrected chi connectivity index (χ3v) is 8.75. The van der Waals surface area contributed by atoms with Gasteiger partial charge in [-0.15, -0.1) is 0 Å². The fourth-order valence-electron chi connectivity index (χ4n) is 4.48. The van der Waals surface area contributed by atoms with Gasteiger partial charge in [0.05, 0.1) is 39.0 Å². The summed E-state index contributed by atoms with van der Waals surface area (Å²) in [6.07, 6.45) is 0. The summed E-state index contributed by atoms with van der Waals surface area (Å²) >= 11 is 0. The standard InChI is InChI=1S/C31H39N3O8S/c1-8-32-31(36)22(3)33(19-23-12-10-9-11-21(23)2)30(35)20-34(26-17-24(39-4)13-15-27(26)40-5)43(37,38)25-14-16-28(41-6)29(18-25)42-7/h9-18,22H,8,19-20H2,1-7H3,(H,32,36)/t22-/m0/s1. The molecule has 0 aliphatic carbocycles. The number of aryl methyl sites for hydroxylation is 1. The Balaban J connectivity index is 2.18. The summed E-state index contributed by atoms with van der Waals surface area (Å²) < 4.78 is 51.1. The van der Waals surface area contributed by atoms with Gasteiger partial charge in [0, 0.05) is 25.2 Å². The number of nitrogens with zero attached hydrogens (tertiary/aromatic N) is 2. The summed E-state index contributed by atoms with van der Waals surface area (Å²) in [5, 5.41) is 2.75. The van der Waals surface area contributed by atoms with Gasteiger partial charge in [0.15, 0.2) is 11.5 Å². The second-order valence-corrected chi connectivity index (χ2v) is 11.4. The lowest BCUT2D eigenvalue weighted by atomic mass is 10.1. The number of carbonyl (C=O) groups excluding carboxylic acids is 2. The molecular weight excluding hydrogens is 574 g/mol. The SMILES string of the molecule is CCNC(=O)[C@H](C)N(Cc1ccccc1C)C(=O)CN(c1cc(OC)ccc1OC)S(=O)(=O)c1ccc(OC)c(OC)c1. The molecule has 3 rings (SSSR count). The number of anilines is 1. The monoisotopic (exact) mass is 613 g/mol. The van der Waals surface area contributed by atoms with Gasteiger partial charge in [-0.1, -0.05) is 24.3 Å². The highest BCUT2D eigenvalue weighted by Gasteiger charge is 2.34. The molecule has 1 atom stereocenters. The molecule has 11 nitrogen and oxygen atoms in total. The predicted octanol–water partition coefficient (Wildman–Crippen LogP) is 3.78. The normalized spacial score (nSPS) is 11.7. The predicted molar refractivity (Wildman–Crippen MR) is 163 cm³/mol. The molecule has 0 saturated heterocycles. The molecule has 1 N–H and O–H groups in total. The molecule has 43 heavy (non-hydrogen) atoms. The summed E-state index contributed by atoms with van der Waals surface area (Å²) in [6.45, 7) is 5.12. The molecule has 0 saturated carbocycles. The Kier molecular flexibility index (Phi) is 11.2. The van der Waals surface area contributed by atoms with Gasteiger partial charge in [-0.2, -0.15) is 0 Å². The fourth-order valence-corrected chi connectivity index (χ4v) is 5.92. The molecule has 0 fully saturated rings. The van der Waals surface area contributed by atoms with Crippen LogP contribution in [0.5, 0.6) is 23.0 Å². The van der Waals surface area contributed by atoms with Crippen LogP contribution in [0.25, 0.3) is 0 Å². The quantitative estimate of drug-likeness (QED) is 0.292. The van der Waals surface area contributed by atoms with Crippen LogP contribution in [0.1, 0.15) is 25.0 Å². The van der Waals surface area contributed by atoms with E-state index in [-0.39, 0.29) is 34.5 Å². The Morgan fingerprint density at radius 1 is 0.860 bits per heavy atom. The van der Waals surface area contributed by atoms with Crippen molar-refractivity contribution in [3.63, 3.8) is 0 Å². The number of nitrogens with one attached hydrogen (secondary N) is 1. The molecular formula is C31H39N3O8S. The molecule has 0 aliphatic rings. The van der Waals surface area contributed by atoms with Gasteiger partial charge in [0.1, 0.15) is 24.1 Å². The van der Waals surface area contributed by atoms with Crippen LogP contribution in [0.15, 0.2) is 65.6 Å². The van der Waals surface area contributed by atoms with Crippen molar-refractivity contribution in [3.05, 3.63) is 71.8 Å². The first-order chi connectivity index (χ1) is 20.5. The number of rotatable bonds is 14. The van der Waals surface area contributed by atoms with Crippen LogP contribution in [0.4, 0.5) is 5.69 Å². The second-order valence-electron chi connectivity index (χ2n) is 9.58. The number of methoxy groups -OCH3 is 4. The molecule has 232 valence electrons. The highest BCUT2D eigenvalue weighted by atomic mass is 32.2. The molecule has 0 aliphatic heterocycles. The molecule has 12 heteroatoms. The highest BCUT2D eigenvalue weighted by molar-refractivity contribution is 7.92. The molecule has 2 amide bonds. The number of likely N-dealkylation sites (N-methyl/N-ethyl adjacent to an activating group) is 1. The molecule has 0 heterocycles. The van der Waals surface area contributed by atoms with E-state index >= 15 is 0 Å². The largest absolute Gasteiger partial charge is 0.497 e. The minimum absolute atomic E-state index is 0.0755. The first-order valence-electron chi connectivity index (χ1n) is 13.6. The van der Waals surface area contributed by atoms with E-state index < -0.39 is 28.5 Å². The second kappa shape index (κ2) is 14.6. The minimum atomic E-state index is -4.42. The highest BCUT2D eigenvalue weighted by Crippen LogP contribution is 2.37. The lowest BCUT2D eigenvalue weighted by Crippen LogP contribution is -2.51. The van der Waals surface area contributed by atoms with Crippen LogP contribution < -0.4 is 28.6 Å². The lowest BCUT2D eigenvalue weighted by Gasteiger charge is -2.32. The van der Waals surface area contributed by atoms with Crippen molar-refractivity contribution >= 4 is 27.5 Å². The van der Waals surface area contributed by atoms with Gasteiger partial charge in [-0.3, -0.25) is 13.9 Å². The smallest absolute Gasteiger partial charge is 0.265 e. The first-order valence-corrected chi connectivity index (χ1v) is 15.0. The van der Waals surface area contributed by atoms with Crippen molar-refractivity contribution < 1.29 is 37.0 Å². The summed E-state index contributed by atoms with van der Waals surface area (Å²) in [5.41, 5.74) is 1.82. The van der Waals surface area contributed by atoms with Gasteiger partial charge < -0.3 is 29.2 Å². The number of sulfonamides is 1. The Labute approximate surface area is 253 Å². The molecule has 0 radical (unpaired) electrons. The molecule has 3 aromatic carbocycles. The van der Waals surface area contributed by atoms with Crippen LogP contribution in [-0.2, 0) is 26.2 Å². The number of carbonyl (C=O) groups is 2. The Morgan fingerprint density at radius 2 is 1.51 bits per heavy atom. The van der Waals surface area contributed by atoms with Gasteiger partial charge in [-0.05, 0) is 56.2 Å². The van der Waals surface area contributed by atoms with Crippen molar-refractivity contribution in [1.29, 1.82) is 0 Å². The zero-order valence-electron chi connectivity index (χ0n) is 25.5. The minimum Gasteiger partial charge on any atom is -0.497 e. The van der Waals surface area contributed by atoms with E-state index in [1.807, 2.05) is 31.2 Å². The maximum Gasteiger partial charge on any atom is 0.265 e. The Morgan fingerprint density at radius 3 is 2.12 bits per heavy atom. The number of hydrogen-bond donors (Lipinski definition) is 1. The molecule has 0 aromatic heterocycles. The van der Waals surface area contributed by atoms with Gasteiger partial charge in [0.2, 0.25) is 11.8 Å². The van der Waals surface area contributed by atoms with E-state index in [4.69, 9.17) is 18.9 Å². The molecule has 0 unspecified atom stereocenters. The first kappa shape index (κ1) is 33.1. The number of amides is 2. The van der Waals surface area contributed by atoms with Crippen molar-refractivity contribution in [2.24, 2.45) is 0 Å². The zero-order chi connectivity index (χ0) is 31.7. The Bertz CT molecular complexity index is 1540. The summed E-state index contributed by atoms with van der Waals surface area (Å²) in [7, 11) is 1.26. The third-order valence-electron chi connectivity index (χ3n) is 7.00. The van der Waals surface area contributed by atoms with Gasteiger partial charge in [-0.25, -0.2) is 8.42 Å². The number of ether oxygens (including phenoxy) is 4. The Hall–Kier alpha value is -4.45. The van der Waals surface area contributed by atoms with E-state index in [0.29, 0.717) is 18.0 Å². The molecule has 0 bridgehead atoms. The summed E-state index contributed by atoms with van der Waals surface area (Å²) in [4.78, 5) is 28.3. The van der Waals surface area contributed by atoms with E-state index in [9.17, 15) is 18.0 Å². The number of hydrogen-bond acceptors (Lipinski definition) is 8. The van der Waals surface area contributed by atoms with Gasteiger partial charge >= 0.3 is 0 Å². The molecule has 0 spiro atoms. The summed E-state index contributed by atoms with van der Waals surface area (Å²) in [6, 6.07) is 15.4. The van der Waals surface area contributed by atoms with Crippen molar-refractivity contribution in [1.82, 2.24) is 10.2 Å². The molecule has 3 aromatic rings. The maximum atomic E-state index is 14.3. The van der Waals surface area contributed by atoms with Crippen LogP contribution in [0.2, 0.25) is 0 Å². The fraction of sp³-hybridized carbons (Fsp3) is 0.355. The van der Waals surface area contributed by atoms with Crippen molar-refractivity contribution in [3.8, 4) is 23.0 Å². The average Bonchev–Trinajstić information content (AvgIpc) is 3.02. The topological polar surface area (TPSA) is 124 Å². The van der Waals surface area contributed by atoms with Crippen molar-refractivity contribution in [2.75, 3.05) is 45.8 Å².